The lowest BCUT2D eigenvalue weighted by Gasteiger charge is -2.32. The maximum absolute atomic E-state index is 14.4. The minimum atomic E-state index is -4.27. The van der Waals surface area contributed by atoms with Crippen molar-refractivity contribution in [3.05, 3.63) is 94.2 Å². The number of nitrogens with one attached hydrogen (secondary N) is 1. The largest absolute Gasteiger partial charge is 0.357 e. The van der Waals surface area contributed by atoms with Gasteiger partial charge in [-0.05, 0) is 43.3 Å². The van der Waals surface area contributed by atoms with Crippen molar-refractivity contribution in [2.45, 2.75) is 24.4 Å². The van der Waals surface area contributed by atoms with Gasteiger partial charge in [0.25, 0.3) is 10.0 Å². The Hall–Kier alpha value is -3.14. The van der Waals surface area contributed by atoms with E-state index in [4.69, 9.17) is 23.2 Å². The van der Waals surface area contributed by atoms with Crippen molar-refractivity contribution in [2.24, 2.45) is 0 Å². The van der Waals surface area contributed by atoms with Crippen LogP contribution in [0.4, 0.5) is 10.1 Å². The van der Waals surface area contributed by atoms with Crippen molar-refractivity contribution < 1.29 is 22.4 Å². The Morgan fingerprint density at radius 1 is 1.00 bits per heavy atom. The van der Waals surface area contributed by atoms with Crippen molar-refractivity contribution in [3.8, 4) is 0 Å². The molecule has 0 bridgehead atoms. The molecule has 3 rings (SSSR count). The summed E-state index contributed by atoms with van der Waals surface area (Å²) in [4.78, 5) is 27.1. The molecule has 0 saturated heterocycles. The average Bonchev–Trinajstić information content (AvgIpc) is 2.86. The normalized spacial score (nSPS) is 12.0. The number of halogens is 3. The fourth-order valence-corrected chi connectivity index (χ4v) is 5.53. The highest BCUT2D eigenvalue weighted by molar-refractivity contribution is 7.92. The number of sulfonamides is 1. The smallest absolute Gasteiger partial charge is 0.264 e. The third-order valence-corrected chi connectivity index (χ3v) is 7.81. The molecular weight excluding hydrogens is 528 g/mol. The van der Waals surface area contributed by atoms with E-state index in [9.17, 15) is 22.4 Å². The zero-order valence-electron chi connectivity index (χ0n) is 19.5. The van der Waals surface area contributed by atoms with Crippen molar-refractivity contribution in [3.63, 3.8) is 0 Å². The molecule has 2 amide bonds. The van der Waals surface area contributed by atoms with Crippen LogP contribution in [0.5, 0.6) is 0 Å². The Kier molecular flexibility index (Phi) is 8.94. The number of anilines is 1. The predicted octanol–water partition coefficient (Wildman–Crippen LogP) is 4.49. The summed E-state index contributed by atoms with van der Waals surface area (Å²) in [5.74, 6) is -1.80. The zero-order chi connectivity index (χ0) is 26.5. The second-order valence-corrected chi connectivity index (χ2v) is 10.5. The number of hydrogen-bond donors (Lipinski definition) is 1. The van der Waals surface area contributed by atoms with Crippen molar-refractivity contribution in [2.75, 3.05) is 17.9 Å². The lowest BCUT2D eigenvalue weighted by Crippen LogP contribution is -2.50. The third kappa shape index (κ3) is 6.16. The Morgan fingerprint density at radius 3 is 2.25 bits per heavy atom. The molecule has 0 fully saturated rings. The molecule has 1 N–H and O–H groups in total. The Labute approximate surface area is 219 Å². The number of rotatable bonds is 9. The molecule has 0 aliphatic rings. The molecule has 7 nitrogen and oxygen atoms in total. The maximum Gasteiger partial charge on any atom is 0.264 e. The fraction of sp³-hybridized carbons (Fsp3) is 0.200. The second-order valence-electron chi connectivity index (χ2n) is 7.82. The topological polar surface area (TPSA) is 86.8 Å². The van der Waals surface area contributed by atoms with Gasteiger partial charge in [0.05, 0.1) is 15.6 Å². The number of carbonyl (C=O) groups excluding carboxylic acids is 2. The number of hydrogen-bond acceptors (Lipinski definition) is 4. The molecule has 0 unspecified atom stereocenters. The zero-order valence-corrected chi connectivity index (χ0v) is 21.8. The van der Waals surface area contributed by atoms with E-state index in [1.165, 1.54) is 62.5 Å². The molecule has 0 aliphatic heterocycles. The first-order valence-electron chi connectivity index (χ1n) is 10.8. The number of carbonyl (C=O) groups is 2. The quantitative estimate of drug-likeness (QED) is 0.424. The van der Waals surface area contributed by atoms with Gasteiger partial charge in [-0.1, -0.05) is 59.6 Å². The van der Waals surface area contributed by atoms with Crippen LogP contribution in [0.3, 0.4) is 0 Å². The van der Waals surface area contributed by atoms with E-state index in [1.54, 1.807) is 24.3 Å². The number of amides is 2. The molecule has 11 heteroatoms. The lowest BCUT2D eigenvalue weighted by atomic mass is 10.1. The highest BCUT2D eigenvalue weighted by atomic mass is 35.5. The number of nitrogens with zero attached hydrogens (tertiary/aromatic N) is 2. The summed E-state index contributed by atoms with van der Waals surface area (Å²) in [5.41, 5.74) is 0.195. The minimum absolute atomic E-state index is 0.00908. The highest BCUT2D eigenvalue weighted by Gasteiger charge is 2.33. The molecule has 36 heavy (non-hydrogen) atoms. The number of likely N-dealkylation sites (N-methyl/N-ethyl adjacent to an activating group) is 1. The van der Waals surface area contributed by atoms with E-state index in [-0.39, 0.29) is 32.7 Å². The molecule has 3 aromatic carbocycles. The fourth-order valence-electron chi connectivity index (χ4n) is 3.52. The summed E-state index contributed by atoms with van der Waals surface area (Å²) < 4.78 is 42.5. The van der Waals surface area contributed by atoms with E-state index in [2.05, 4.69) is 5.32 Å². The first kappa shape index (κ1) is 27.4. The molecule has 1 atom stereocenters. The van der Waals surface area contributed by atoms with Gasteiger partial charge in [0.1, 0.15) is 18.4 Å². The van der Waals surface area contributed by atoms with Crippen LogP contribution >= 0.6 is 23.2 Å². The highest BCUT2D eigenvalue weighted by Crippen LogP contribution is 2.33. The van der Waals surface area contributed by atoms with E-state index < -0.39 is 40.2 Å². The van der Waals surface area contributed by atoms with Gasteiger partial charge in [-0.15, -0.1) is 0 Å². The maximum atomic E-state index is 14.4. The van der Waals surface area contributed by atoms with Crippen LogP contribution in [-0.2, 0) is 26.2 Å². The lowest BCUT2D eigenvalue weighted by molar-refractivity contribution is -0.139. The first-order chi connectivity index (χ1) is 17.1. The monoisotopic (exact) mass is 551 g/mol. The average molecular weight is 552 g/mol. The van der Waals surface area contributed by atoms with Crippen LogP contribution in [0, 0.1) is 5.82 Å². The van der Waals surface area contributed by atoms with Crippen LogP contribution in [0.1, 0.15) is 12.5 Å². The molecule has 0 heterocycles. The molecule has 0 aliphatic carbocycles. The van der Waals surface area contributed by atoms with Crippen LogP contribution < -0.4 is 9.62 Å². The Balaban J connectivity index is 2.07. The molecule has 190 valence electrons. The molecule has 0 saturated carbocycles. The van der Waals surface area contributed by atoms with Gasteiger partial charge >= 0.3 is 0 Å². The standard InChI is InChI=1S/C25H24Cl2FN3O4S/c1-17(25(33)29-2)30(15-18-8-6-7-11-22(18)28)24(32)16-31(23-13-12-19(26)14-21(23)27)36(34,35)20-9-4-3-5-10-20/h3-14,17H,15-16H2,1-2H3,(H,29,33)/t17-/m0/s1. The van der Waals surface area contributed by atoms with Crippen LogP contribution in [0.25, 0.3) is 0 Å². The Morgan fingerprint density at radius 2 is 1.64 bits per heavy atom. The second kappa shape index (κ2) is 11.7. The third-order valence-electron chi connectivity index (χ3n) is 5.50. The van der Waals surface area contributed by atoms with E-state index >= 15 is 0 Å². The summed E-state index contributed by atoms with van der Waals surface area (Å²) in [6.45, 7) is 0.519. The molecule has 0 radical (unpaired) electrons. The Bertz CT molecular complexity index is 1360. The summed E-state index contributed by atoms with van der Waals surface area (Å²) in [7, 11) is -2.86. The molecular formula is C25H24Cl2FN3O4S. The van der Waals surface area contributed by atoms with E-state index in [0.717, 1.165) is 9.21 Å². The van der Waals surface area contributed by atoms with Crippen LogP contribution in [0.15, 0.2) is 77.7 Å². The molecule has 0 aromatic heterocycles. The van der Waals surface area contributed by atoms with E-state index in [1.807, 2.05) is 0 Å². The van der Waals surface area contributed by atoms with Crippen LogP contribution in [0.2, 0.25) is 10.0 Å². The summed E-state index contributed by atoms with van der Waals surface area (Å²) in [6, 6.07) is 16.5. The van der Waals surface area contributed by atoms with Crippen molar-refractivity contribution in [1.82, 2.24) is 10.2 Å². The van der Waals surface area contributed by atoms with Gasteiger partial charge in [-0.25, -0.2) is 12.8 Å². The SMILES string of the molecule is CNC(=O)[C@H](C)N(Cc1ccccc1F)C(=O)CN(c1ccc(Cl)cc1Cl)S(=O)(=O)c1ccccc1. The molecule has 3 aromatic rings. The minimum Gasteiger partial charge on any atom is -0.357 e. The summed E-state index contributed by atoms with van der Waals surface area (Å²) in [6.07, 6.45) is 0. The predicted molar refractivity (Wildman–Crippen MR) is 138 cm³/mol. The first-order valence-corrected chi connectivity index (χ1v) is 13.0. The summed E-state index contributed by atoms with van der Waals surface area (Å²) >= 11 is 12.3. The summed E-state index contributed by atoms with van der Waals surface area (Å²) in [5, 5.41) is 2.75. The van der Waals surface area contributed by atoms with Crippen molar-refractivity contribution >= 4 is 50.7 Å². The van der Waals surface area contributed by atoms with Crippen molar-refractivity contribution in [1.29, 1.82) is 0 Å². The van der Waals surface area contributed by atoms with Gasteiger partial charge in [0.2, 0.25) is 11.8 Å². The van der Waals surface area contributed by atoms with E-state index in [0.29, 0.717) is 0 Å². The number of benzene rings is 3. The van der Waals surface area contributed by atoms with Crippen LogP contribution in [-0.4, -0.2) is 44.8 Å². The van der Waals surface area contributed by atoms with Gasteiger partial charge < -0.3 is 10.2 Å². The van der Waals surface area contributed by atoms with Gasteiger partial charge in [0.15, 0.2) is 0 Å². The van der Waals surface area contributed by atoms with Gasteiger partial charge in [-0.3, -0.25) is 13.9 Å². The van der Waals surface area contributed by atoms with Gasteiger partial charge in [0, 0.05) is 24.2 Å². The molecule has 0 spiro atoms. The van der Waals surface area contributed by atoms with Gasteiger partial charge in [-0.2, -0.15) is 0 Å².